The maximum Gasteiger partial charge on any atom is 0.337 e. The van der Waals surface area contributed by atoms with Crippen LogP contribution in [0.25, 0.3) is 0 Å². The Morgan fingerprint density at radius 3 is 2.19 bits per heavy atom. The fourth-order valence-corrected chi connectivity index (χ4v) is 2.65. The van der Waals surface area contributed by atoms with Gasteiger partial charge in [0.15, 0.2) is 0 Å². The van der Waals surface area contributed by atoms with Gasteiger partial charge in [0.05, 0.1) is 16.8 Å². The maximum atomic E-state index is 12.6. The third-order valence-corrected chi connectivity index (χ3v) is 3.93. The summed E-state index contributed by atoms with van der Waals surface area (Å²) in [5.41, 5.74) is 1.05. The largest absolute Gasteiger partial charge is 0.478 e. The van der Waals surface area contributed by atoms with E-state index in [0.717, 1.165) is 4.90 Å². The number of carbonyl (C=O) groups is 2. The molecule has 0 spiro atoms. The molecule has 1 N–H and O–H groups in total. The molecule has 0 saturated heterocycles. The van der Waals surface area contributed by atoms with Crippen LogP contribution in [0, 0.1) is 0 Å². The van der Waals surface area contributed by atoms with Crippen molar-refractivity contribution < 1.29 is 14.7 Å². The second kappa shape index (κ2) is 6.45. The highest BCUT2D eigenvalue weighted by molar-refractivity contribution is 7.98. The van der Waals surface area contributed by atoms with Crippen molar-refractivity contribution in [2.24, 2.45) is 0 Å². The molecule has 1 amide bonds. The van der Waals surface area contributed by atoms with E-state index in [1.54, 1.807) is 37.4 Å². The Morgan fingerprint density at radius 1 is 1.00 bits per heavy atom. The number of para-hydroxylation sites is 1. The lowest BCUT2D eigenvalue weighted by molar-refractivity contribution is 0.0697. The summed E-state index contributed by atoms with van der Waals surface area (Å²) in [6.07, 6.45) is 1.90. The summed E-state index contributed by atoms with van der Waals surface area (Å²) in [5, 5.41) is 9.23. The van der Waals surface area contributed by atoms with Crippen LogP contribution in [-0.2, 0) is 0 Å². The van der Waals surface area contributed by atoms with Crippen LogP contribution in [0.3, 0.4) is 0 Å². The number of carbonyl (C=O) groups excluding carboxylic acids is 1. The summed E-state index contributed by atoms with van der Waals surface area (Å²) in [4.78, 5) is 26.1. The lowest BCUT2D eigenvalue weighted by Gasteiger charge is -2.20. The number of rotatable bonds is 4. The Balaban J connectivity index is 2.43. The summed E-state index contributed by atoms with van der Waals surface area (Å²) in [5.74, 6) is -1.28. The molecule has 0 aliphatic carbocycles. The topological polar surface area (TPSA) is 57.6 Å². The molecule has 0 fully saturated rings. The van der Waals surface area contributed by atoms with Gasteiger partial charge in [-0.2, -0.15) is 0 Å². The zero-order chi connectivity index (χ0) is 15.4. The minimum absolute atomic E-state index is 0.106. The van der Waals surface area contributed by atoms with E-state index in [1.165, 1.54) is 22.7 Å². The number of anilines is 1. The fraction of sp³-hybridized carbons (Fsp3) is 0.125. The molecule has 5 heteroatoms. The number of nitrogens with zero attached hydrogens (tertiary/aromatic N) is 1. The first-order chi connectivity index (χ1) is 10.1. The molecule has 0 aromatic heterocycles. The number of benzene rings is 2. The molecule has 2 rings (SSSR count). The van der Waals surface area contributed by atoms with Crippen molar-refractivity contribution in [1.82, 2.24) is 0 Å². The first kappa shape index (κ1) is 15.1. The fourth-order valence-electron chi connectivity index (χ4n) is 2.06. The van der Waals surface area contributed by atoms with E-state index < -0.39 is 5.97 Å². The van der Waals surface area contributed by atoms with Gasteiger partial charge in [-0.25, -0.2) is 4.79 Å². The summed E-state index contributed by atoms with van der Waals surface area (Å²) >= 11 is 1.48. The number of carboxylic acid groups (broad SMARTS) is 1. The van der Waals surface area contributed by atoms with Crippen LogP contribution in [0.1, 0.15) is 20.7 Å². The zero-order valence-electron chi connectivity index (χ0n) is 11.7. The van der Waals surface area contributed by atoms with E-state index in [0.29, 0.717) is 11.3 Å². The lowest BCUT2D eigenvalue weighted by atomic mass is 10.1. The minimum atomic E-state index is -1.05. The van der Waals surface area contributed by atoms with Crippen molar-refractivity contribution in [2.75, 3.05) is 18.2 Å². The highest BCUT2D eigenvalue weighted by atomic mass is 32.2. The standard InChI is InChI=1S/C16H15NO3S/c1-17(13-9-5-3-7-11(13)16(19)20)15(18)12-8-4-6-10-14(12)21-2/h3-10H,1-2H3,(H,19,20). The number of hydrogen-bond donors (Lipinski definition) is 1. The first-order valence-electron chi connectivity index (χ1n) is 6.29. The van der Waals surface area contributed by atoms with Crippen LogP contribution in [0.15, 0.2) is 53.4 Å². The molecule has 0 unspecified atom stereocenters. The predicted molar refractivity (Wildman–Crippen MR) is 84.4 cm³/mol. The predicted octanol–water partition coefficient (Wildman–Crippen LogP) is 3.38. The highest BCUT2D eigenvalue weighted by Gasteiger charge is 2.20. The van der Waals surface area contributed by atoms with Crippen LogP contribution in [0.5, 0.6) is 0 Å². The number of aromatic carboxylic acids is 1. The van der Waals surface area contributed by atoms with E-state index in [1.807, 2.05) is 18.4 Å². The van der Waals surface area contributed by atoms with Crippen molar-refractivity contribution in [3.05, 3.63) is 59.7 Å². The van der Waals surface area contributed by atoms with Crippen molar-refractivity contribution in [3.8, 4) is 0 Å². The number of amides is 1. The molecule has 0 bridgehead atoms. The Hall–Kier alpha value is -2.27. The molecule has 108 valence electrons. The van der Waals surface area contributed by atoms with Crippen LogP contribution >= 0.6 is 11.8 Å². The van der Waals surface area contributed by atoms with E-state index in [-0.39, 0.29) is 11.5 Å². The monoisotopic (exact) mass is 301 g/mol. The van der Waals surface area contributed by atoms with Gasteiger partial charge in [-0.05, 0) is 30.5 Å². The molecule has 0 atom stereocenters. The van der Waals surface area contributed by atoms with Gasteiger partial charge in [-0.15, -0.1) is 11.8 Å². The third kappa shape index (κ3) is 3.08. The Kier molecular flexibility index (Phi) is 4.65. The molecule has 21 heavy (non-hydrogen) atoms. The summed E-state index contributed by atoms with van der Waals surface area (Å²) in [7, 11) is 1.58. The average molecular weight is 301 g/mol. The normalized spacial score (nSPS) is 10.2. The quantitative estimate of drug-likeness (QED) is 0.880. The van der Waals surface area contributed by atoms with E-state index in [9.17, 15) is 14.7 Å². The van der Waals surface area contributed by atoms with Crippen molar-refractivity contribution >= 4 is 29.3 Å². The molecular weight excluding hydrogens is 286 g/mol. The van der Waals surface area contributed by atoms with E-state index >= 15 is 0 Å². The smallest absolute Gasteiger partial charge is 0.337 e. The van der Waals surface area contributed by atoms with Crippen molar-refractivity contribution in [2.45, 2.75) is 4.90 Å². The Bertz CT molecular complexity index is 685. The number of carboxylic acids is 1. The summed E-state index contributed by atoms with van der Waals surface area (Å²) in [6.45, 7) is 0. The summed E-state index contributed by atoms with van der Waals surface area (Å²) < 4.78 is 0. The van der Waals surface area contributed by atoms with E-state index in [4.69, 9.17) is 0 Å². The molecule has 2 aromatic rings. The van der Waals surface area contributed by atoms with Crippen molar-refractivity contribution in [3.63, 3.8) is 0 Å². The van der Waals surface area contributed by atoms with Crippen LogP contribution in [-0.4, -0.2) is 30.3 Å². The Morgan fingerprint density at radius 2 is 1.57 bits per heavy atom. The molecule has 4 nitrogen and oxygen atoms in total. The third-order valence-electron chi connectivity index (χ3n) is 3.14. The van der Waals surface area contributed by atoms with Gasteiger partial charge in [0.2, 0.25) is 0 Å². The molecular formula is C16H15NO3S. The van der Waals surface area contributed by atoms with Crippen LogP contribution in [0.4, 0.5) is 5.69 Å². The van der Waals surface area contributed by atoms with Gasteiger partial charge < -0.3 is 10.0 Å². The molecule has 0 heterocycles. The number of hydrogen-bond acceptors (Lipinski definition) is 3. The van der Waals surface area contributed by atoms with Crippen LogP contribution < -0.4 is 4.90 Å². The van der Waals surface area contributed by atoms with E-state index in [2.05, 4.69) is 0 Å². The maximum absolute atomic E-state index is 12.6. The first-order valence-corrected chi connectivity index (χ1v) is 7.52. The lowest BCUT2D eigenvalue weighted by Crippen LogP contribution is -2.28. The zero-order valence-corrected chi connectivity index (χ0v) is 12.6. The van der Waals surface area contributed by atoms with Gasteiger partial charge >= 0.3 is 5.97 Å². The molecule has 0 radical (unpaired) electrons. The van der Waals surface area contributed by atoms with Gasteiger partial charge in [0, 0.05) is 11.9 Å². The molecule has 0 saturated carbocycles. The second-order valence-corrected chi connectivity index (χ2v) is 5.23. The van der Waals surface area contributed by atoms with Crippen LogP contribution in [0.2, 0.25) is 0 Å². The minimum Gasteiger partial charge on any atom is -0.478 e. The van der Waals surface area contributed by atoms with Gasteiger partial charge in [0.25, 0.3) is 5.91 Å². The molecule has 0 aliphatic heterocycles. The van der Waals surface area contributed by atoms with Gasteiger partial charge in [-0.3, -0.25) is 4.79 Å². The van der Waals surface area contributed by atoms with Crippen molar-refractivity contribution in [1.29, 1.82) is 0 Å². The number of thioether (sulfide) groups is 1. The SMILES string of the molecule is CSc1ccccc1C(=O)N(C)c1ccccc1C(=O)O. The highest BCUT2D eigenvalue weighted by Crippen LogP contribution is 2.25. The summed E-state index contributed by atoms with van der Waals surface area (Å²) in [6, 6.07) is 13.7. The van der Waals surface area contributed by atoms with Gasteiger partial charge in [0.1, 0.15) is 0 Å². The molecule has 2 aromatic carbocycles. The Labute approximate surface area is 127 Å². The van der Waals surface area contributed by atoms with Gasteiger partial charge in [-0.1, -0.05) is 24.3 Å². The second-order valence-electron chi connectivity index (χ2n) is 4.39. The molecule has 0 aliphatic rings. The average Bonchev–Trinajstić information content (AvgIpc) is 2.53.